The lowest BCUT2D eigenvalue weighted by Gasteiger charge is -2.05. The van der Waals surface area contributed by atoms with Gasteiger partial charge in [0, 0.05) is 17.6 Å². The van der Waals surface area contributed by atoms with Crippen LogP contribution in [0.3, 0.4) is 0 Å². The highest BCUT2D eigenvalue weighted by atomic mass is 32.2. The number of benzene rings is 1. The molecule has 0 aliphatic rings. The third-order valence-corrected chi connectivity index (χ3v) is 4.51. The van der Waals surface area contributed by atoms with Gasteiger partial charge in [-0.05, 0) is 43.2 Å². The Morgan fingerprint density at radius 1 is 1.37 bits per heavy atom. The van der Waals surface area contributed by atoms with Gasteiger partial charge in [0.25, 0.3) is 0 Å². The van der Waals surface area contributed by atoms with Crippen molar-refractivity contribution in [1.82, 2.24) is 9.78 Å². The van der Waals surface area contributed by atoms with Crippen molar-refractivity contribution in [2.75, 3.05) is 5.73 Å². The van der Waals surface area contributed by atoms with E-state index in [1.54, 1.807) is 4.68 Å². The second kappa shape index (κ2) is 5.57. The van der Waals surface area contributed by atoms with Crippen LogP contribution in [0.2, 0.25) is 0 Å². The Balaban J connectivity index is 2.20. The number of anilines is 1. The van der Waals surface area contributed by atoms with Gasteiger partial charge in [-0.15, -0.1) is 0 Å². The Hall–Kier alpha value is -1.62. The van der Waals surface area contributed by atoms with Gasteiger partial charge in [0.15, 0.2) is 0 Å². The number of nitrogens with two attached hydrogens (primary N) is 1. The van der Waals surface area contributed by atoms with Crippen molar-refractivity contribution in [3.8, 4) is 0 Å². The molecule has 2 N–H and O–H groups in total. The summed E-state index contributed by atoms with van der Waals surface area (Å²) < 4.78 is 14.2. The first-order chi connectivity index (χ1) is 9.01. The quantitative estimate of drug-likeness (QED) is 0.871. The Morgan fingerprint density at radius 2 is 2.11 bits per heavy atom. The van der Waals surface area contributed by atoms with Crippen LogP contribution in [0.5, 0.6) is 0 Å². The maximum absolute atomic E-state index is 12.4. The van der Waals surface area contributed by atoms with E-state index in [2.05, 4.69) is 12.0 Å². The summed E-state index contributed by atoms with van der Waals surface area (Å²) in [6.45, 7) is 3.99. The number of aryl methyl sites for hydroxylation is 3. The normalized spacial score (nSPS) is 12.6. The molecule has 1 aromatic heterocycles. The molecule has 2 aromatic rings. The minimum absolute atomic E-state index is 0.479. The van der Waals surface area contributed by atoms with Crippen molar-refractivity contribution in [1.29, 1.82) is 0 Å². The van der Waals surface area contributed by atoms with E-state index in [4.69, 9.17) is 5.73 Å². The fourth-order valence-electron chi connectivity index (χ4n) is 1.89. The van der Waals surface area contributed by atoms with Crippen molar-refractivity contribution in [3.63, 3.8) is 0 Å². The van der Waals surface area contributed by atoms with E-state index in [0.29, 0.717) is 5.75 Å². The molecule has 19 heavy (non-hydrogen) atoms. The second-order valence-electron chi connectivity index (χ2n) is 4.61. The van der Waals surface area contributed by atoms with Crippen molar-refractivity contribution >= 4 is 16.5 Å². The molecular weight excluding hydrogens is 258 g/mol. The smallest absolute Gasteiger partial charge is 0.0702 e. The van der Waals surface area contributed by atoms with E-state index in [-0.39, 0.29) is 0 Å². The first-order valence-corrected chi connectivity index (χ1v) is 7.59. The molecule has 1 aromatic carbocycles. The lowest BCUT2D eigenvalue weighted by Crippen LogP contribution is -2.03. The molecule has 2 rings (SSSR count). The summed E-state index contributed by atoms with van der Waals surface area (Å²) in [5.74, 6) is 0.479. The lowest BCUT2D eigenvalue weighted by atomic mass is 10.2. The molecule has 4 nitrogen and oxygen atoms in total. The van der Waals surface area contributed by atoms with E-state index in [0.717, 1.165) is 34.0 Å². The molecule has 1 unspecified atom stereocenters. The predicted octanol–water partition coefficient (Wildman–Crippen LogP) is 2.18. The molecule has 0 aliphatic heterocycles. The minimum atomic E-state index is -1.07. The maximum Gasteiger partial charge on any atom is 0.0702 e. The number of rotatable bonds is 4. The summed E-state index contributed by atoms with van der Waals surface area (Å²) in [7, 11) is 0.821. The number of nitrogen functional groups attached to an aromatic ring is 1. The Morgan fingerprint density at radius 3 is 2.68 bits per heavy atom. The van der Waals surface area contributed by atoms with Gasteiger partial charge >= 0.3 is 0 Å². The molecule has 0 spiro atoms. The highest BCUT2D eigenvalue weighted by Crippen LogP contribution is 2.18. The van der Waals surface area contributed by atoms with E-state index in [1.165, 1.54) is 0 Å². The van der Waals surface area contributed by atoms with E-state index in [9.17, 15) is 4.21 Å². The highest BCUT2D eigenvalue weighted by Gasteiger charge is 2.10. The minimum Gasteiger partial charge on any atom is -0.399 e. The molecule has 0 bridgehead atoms. The molecule has 0 radical (unpaired) electrons. The summed E-state index contributed by atoms with van der Waals surface area (Å²) in [6, 6.07) is 7.55. The Labute approximate surface area is 116 Å². The van der Waals surface area contributed by atoms with Gasteiger partial charge in [-0.3, -0.25) is 8.89 Å². The molecule has 1 heterocycles. The zero-order valence-corrected chi connectivity index (χ0v) is 12.3. The van der Waals surface area contributed by atoms with Crippen molar-refractivity contribution in [2.24, 2.45) is 7.05 Å². The monoisotopic (exact) mass is 277 g/mol. The third kappa shape index (κ3) is 3.04. The van der Waals surface area contributed by atoms with Crippen LogP contribution in [0.4, 0.5) is 5.69 Å². The van der Waals surface area contributed by atoms with Gasteiger partial charge in [0.1, 0.15) is 0 Å². The summed E-state index contributed by atoms with van der Waals surface area (Å²) in [4.78, 5) is 0.811. The van der Waals surface area contributed by atoms with Gasteiger partial charge in [0.05, 0.1) is 27.9 Å². The summed E-state index contributed by atoms with van der Waals surface area (Å²) >= 11 is 0. The van der Waals surface area contributed by atoms with Gasteiger partial charge < -0.3 is 5.73 Å². The summed E-state index contributed by atoms with van der Waals surface area (Å²) in [6.07, 6.45) is 0.890. The standard InChI is InChI=1S/C14H19N3OS/c1-4-11-8-12(17(3)16-11)9-19(18)13-5-6-14(15)10(2)7-13/h5-8H,4,9,15H2,1-3H3. The topological polar surface area (TPSA) is 60.9 Å². The molecule has 0 fully saturated rings. The van der Waals surface area contributed by atoms with Gasteiger partial charge in [0.2, 0.25) is 0 Å². The highest BCUT2D eigenvalue weighted by molar-refractivity contribution is 7.84. The van der Waals surface area contributed by atoms with Gasteiger partial charge in [-0.1, -0.05) is 6.92 Å². The fourth-order valence-corrected chi connectivity index (χ4v) is 3.12. The number of hydrogen-bond donors (Lipinski definition) is 1. The second-order valence-corrected chi connectivity index (χ2v) is 6.06. The molecule has 0 aliphatic carbocycles. The third-order valence-electron chi connectivity index (χ3n) is 3.17. The molecular formula is C14H19N3OS. The SMILES string of the molecule is CCc1cc(CS(=O)c2ccc(N)c(C)c2)n(C)n1. The van der Waals surface area contributed by atoms with Crippen molar-refractivity contribution < 1.29 is 4.21 Å². The number of nitrogens with zero attached hydrogens (tertiary/aromatic N) is 2. The van der Waals surface area contributed by atoms with Gasteiger partial charge in [-0.25, -0.2) is 0 Å². The van der Waals surface area contributed by atoms with E-state index < -0.39 is 10.8 Å². The fraction of sp³-hybridized carbons (Fsp3) is 0.357. The van der Waals surface area contributed by atoms with Crippen molar-refractivity contribution in [2.45, 2.75) is 30.9 Å². The van der Waals surface area contributed by atoms with Crippen LogP contribution in [0.1, 0.15) is 23.9 Å². The number of aromatic nitrogens is 2. The average Bonchev–Trinajstić information content (AvgIpc) is 2.73. The Bertz CT molecular complexity index is 619. The van der Waals surface area contributed by atoms with Crippen LogP contribution in [-0.2, 0) is 30.0 Å². The summed E-state index contributed by atoms with van der Waals surface area (Å²) in [5, 5.41) is 4.37. The lowest BCUT2D eigenvalue weighted by molar-refractivity contribution is 0.675. The zero-order valence-electron chi connectivity index (χ0n) is 11.5. The zero-order chi connectivity index (χ0) is 14.0. The number of hydrogen-bond acceptors (Lipinski definition) is 3. The largest absolute Gasteiger partial charge is 0.399 e. The Kier molecular flexibility index (Phi) is 4.04. The molecule has 102 valence electrons. The van der Waals surface area contributed by atoms with Gasteiger partial charge in [-0.2, -0.15) is 5.10 Å². The van der Waals surface area contributed by atoms with E-state index >= 15 is 0 Å². The maximum atomic E-state index is 12.4. The molecule has 5 heteroatoms. The molecule has 0 amide bonds. The van der Waals surface area contributed by atoms with Crippen LogP contribution in [-0.4, -0.2) is 14.0 Å². The van der Waals surface area contributed by atoms with Crippen LogP contribution in [0.25, 0.3) is 0 Å². The van der Waals surface area contributed by atoms with Crippen LogP contribution < -0.4 is 5.73 Å². The predicted molar refractivity (Wildman–Crippen MR) is 78.3 cm³/mol. The van der Waals surface area contributed by atoms with Crippen LogP contribution >= 0.6 is 0 Å². The molecule has 1 atom stereocenters. The first-order valence-electron chi connectivity index (χ1n) is 6.27. The average molecular weight is 277 g/mol. The first kappa shape index (κ1) is 13.8. The van der Waals surface area contributed by atoms with Crippen molar-refractivity contribution in [3.05, 3.63) is 41.2 Å². The molecule has 0 saturated heterocycles. The van der Waals surface area contributed by atoms with E-state index in [1.807, 2.05) is 38.2 Å². The van der Waals surface area contributed by atoms with Crippen LogP contribution in [0.15, 0.2) is 29.2 Å². The summed E-state index contributed by atoms with van der Waals surface area (Å²) in [5.41, 5.74) is 9.49. The molecule has 0 saturated carbocycles. The van der Waals surface area contributed by atoms with Crippen LogP contribution in [0, 0.1) is 6.92 Å².